The average molecular weight is 464 g/mol. The summed E-state index contributed by atoms with van der Waals surface area (Å²) in [6, 6.07) is 10.3. The average Bonchev–Trinajstić information content (AvgIpc) is 3.30. The van der Waals surface area contributed by atoms with Gasteiger partial charge >= 0.3 is 0 Å². The molecule has 1 aliphatic heterocycles. The second-order valence-corrected chi connectivity index (χ2v) is 8.27. The maximum absolute atomic E-state index is 13.2. The maximum Gasteiger partial charge on any atom is 0.295 e. The van der Waals surface area contributed by atoms with Crippen molar-refractivity contribution in [3.63, 3.8) is 0 Å². The number of aromatic nitrogens is 2. The minimum atomic E-state index is -0.738. The van der Waals surface area contributed by atoms with E-state index in [1.807, 2.05) is 55.6 Å². The van der Waals surface area contributed by atoms with Crippen LogP contribution in [0.1, 0.15) is 41.9 Å². The van der Waals surface area contributed by atoms with Crippen molar-refractivity contribution < 1.29 is 24.2 Å². The Morgan fingerprint density at radius 3 is 2.53 bits per heavy atom. The second kappa shape index (κ2) is 9.69. The van der Waals surface area contributed by atoms with Crippen LogP contribution in [0, 0.1) is 13.8 Å². The van der Waals surface area contributed by atoms with E-state index >= 15 is 0 Å². The SMILES string of the molecule is CCOc1ccc(C2C(=C(O)c3nc4c(C)cccn4c3C)C(=O)C(=O)N2CCCOC)cc1. The molecule has 0 aliphatic carbocycles. The standard InChI is InChI=1S/C26H29N3O5/c1-5-34-19-11-9-18(10-12-19)22-20(24(31)26(32)29(22)14-7-15-33-4)23(30)21-17(3)28-13-6-8-16(2)25(28)27-21/h6,8-13,22,30H,5,7,14-15H2,1-4H3. The number of benzene rings is 1. The number of Topliss-reactive ketones (excluding diaryl/α,β-unsaturated/α-hetero) is 1. The molecule has 0 bridgehead atoms. The number of aliphatic hydroxyl groups is 1. The molecular weight excluding hydrogens is 434 g/mol. The minimum absolute atomic E-state index is 0.0377. The van der Waals surface area contributed by atoms with Crippen LogP contribution in [0.25, 0.3) is 11.4 Å². The van der Waals surface area contributed by atoms with Crippen molar-refractivity contribution in [3.05, 3.63) is 70.7 Å². The van der Waals surface area contributed by atoms with Gasteiger partial charge in [0.2, 0.25) is 0 Å². The van der Waals surface area contributed by atoms with Crippen LogP contribution in [0.5, 0.6) is 5.75 Å². The molecule has 8 heteroatoms. The number of hydrogen-bond donors (Lipinski definition) is 1. The highest BCUT2D eigenvalue weighted by Crippen LogP contribution is 2.40. The van der Waals surface area contributed by atoms with Crippen molar-refractivity contribution in [3.8, 4) is 5.75 Å². The molecule has 1 unspecified atom stereocenters. The third-order valence-electron chi connectivity index (χ3n) is 6.10. The molecule has 2 aromatic heterocycles. The van der Waals surface area contributed by atoms with E-state index in [-0.39, 0.29) is 11.3 Å². The molecule has 178 valence electrons. The molecule has 1 fully saturated rings. The van der Waals surface area contributed by atoms with Crippen LogP contribution in [-0.2, 0) is 14.3 Å². The Bertz CT molecular complexity index is 1260. The van der Waals surface area contributed by atoms with E-state index in [1.165, 1.54) is 4.90 Å². The molecule has 1 aliphatic rings. The molecule has 1 amide bonds. The van der Waals surface area contributed by atoms with Crippen LogP contribution in [0.15, 0.2) is 48.2 Å². The van der Waals surface area contributed by atoms with Gasteiger partial charge in [-0.05, 0) is 56.5 Å². The molecule has 1 atom stereocenters. The summed E-state index contributed by atoms with van der Waals surface area (Å²) >= 11 is 0. The molecule has 34 heavy (non-hydrogen) atoms. The summed E-state index contributed by atoms with van der Waals surface area (Å²) in [5, 5.41) is 11.4. The topological polar surface area (TPSA) is 93.4 Å². The Morgan fingerprint density at radius 2 is 1.88 bits per heavy atom. The summed E-state index contributed by atoms with van der Waals surface area (Å²) in [5.41, 5.74) is 3.35. The molecule has 0 radical (unpaired) electrons. The normalized spacial score (nSPS) is 17.6. The number of amides is 1. The predicted octanol–water partition coefficient (Wildman–Crippen LogP) is 3.81. The number of methoxy groups -OCH3 is 1. The molecule has 0 saturated carbocycles. The molecule has 1 aromatic carbocycles. The third kappa shape index (κ3) is 4.05. The summed E-state index contributed by atoms with van der Waals surface area (Å²) in [7, 11) is 1.59. The van der Waals surface area contributed by atoms with Gasteiger partial charge in [-0.3, -0.25) is 9.59 Å². The van der Waals surface area contributed by atoms with E-state index in [0.29, 0.717) is 54.5 Å². The summed E-state index contributed by atoms with van der Waals surface area (Å²) in [6.45, 7) is 6.95. The zero-order valence-electron chi connectivity index (χ0n) is 19.9. The lowest BCUT2D eigenvalue weighted by atomic mass is 9.96. The molecule has 0 spiro atoms. The van der Waals surface area contributed by atoms with Gasteiger partial charge in [-0.25, -0.2) is 4.98 Å². The van der Waals surface area contributed by atoms with Crippen molar-refractivity contribution in [2.24, 2.45) is 0 Å². The molecule has 1 N–H and O–H groups in total. The number of rotatable bonds is 8. The van der Waals surface area contributed by atoms with Crippen LogP contribution >= 0.6 is 0 Å². The van der Waals surface area contributed by atoms with Crippen LogP contribution in [-0.4, -0.2) is 57.9 Å². The molecule has 3 aromatic rings. The smallest absolute Gasteiger partial charge is 0.295 e. The predicted molar refractivity (Wildman–Crippen MR) is 128 cm³/mol. The molecule has 4 rings (SSSR count). The summed E-state index contributed by atoms with van der Waals surface area (Å²) in [5.74, 6) is -0.947. The van der Waals surface area contributed by atoms with Gasteiger partial charge in [-0.2, -0.15) is 0 Å². The van der Waals surface area contributed by atoms with Crippen LogP contribution in [0.4, 0.5) is 0 Å². The number of carbonyl (C=O) groups excluding carboxylic acids is 2. The van der Waals surface area contributed by atoms with Gasteiger partial charge in [-0.15, -0.1) is 0 Å². The van der Waals surface area contributed by atoms with Crippen molar-refractivity contribution in [2.45, 2.75) is 33.2 Å². The number of aliphatic hydroxyl groups excluding tert-OH is 1. The van der Waals surface area contributed by atoms with Crippen LogP contribution in [0.3, 0.4) is 0 Å². The minimum Gasteiger partial charge on any atom is -0.505 e. The van der Waals surface area contributed by atoms with E-state index in [4.69, 9.17) is 9.47 Å². The fourth-order valence-corrected chi connectivity index (χ4v) is 4.42. The van der Waals surface area contributed by atoms with E-state index < -0.39 is 17.7 Å². The lowest BCUT2D eigenvalue weighted by Crippen LogP contribution is -2.31. The lowest BCUT2D eigenvalue weighted by molar-refractivity contribution is -0.140. The highest BCUT2D eigenvalue weighted by molar-refractivity contribution is 6.46. The fourth-order valence-electron chi connectivity index (χ4n) is 4.42. The number of ether oxygens (including phenoxy) is 2. The summed E-state index contributed by atoms with van der Waals surface area (Å²) in [6.07, 6.45) is 2.42. The number of imidazole rings is 1. The Morgan fingerprint density at radius 1 is 1.15 bits per heavy atom. The fraction of sp³-hybridized carbons (Fsp3) is 0.346. The summed E-state index contributed by atoms with van der Waals surface area (Å²) < 4.78 is 12.5. The van der Waals surface area contributed by atoms with Gasteiger partial charge in [0.15, 0.2) is 5.76 Å². The number of hydrogen-bond acceptors (Lipinski definition) is 6. The van der Waals surface area contributed by atoms with Crippen molar-refractivity contribution in [1.82, 2.24) is 14.3 Å². The number of likely N-dealkylation sites (tertiary alicyclic amines) is 1. The van der Waals surface area contributed by atoms with Gasteiger partial charge in [0.05, 0.1) is 23.9 Å². The Labute approximate surface area is 198 Å². The number of nitrogens with zero attached hydrogens (tertiary/aromatic N) is 3. The van der Waals surface area contributed by atoms with Gasteiger partial charge < -0.3 is 23.9 Å². The zero-order valence-corrected chi connectivity index (χ0v) is 19.9. The molecule has 3 heterocycles. The maximum atomic E-state index is 13.2. The number of fused-ring (bicyclic) bond motifs is 1. The highest BCUT2D eigenvalue weighted by atomic mass is 16.5. The third-order valence-corrected chi connectivity index (χ3v) is 6.10. The van der Waals surface area contributed by atoms with Crippen molar-refractivity contribution in [1.29, 1.82) is 0 Å². The second-order valence-electron chi connectivity index (χ2n) is 8.27. The first-order chi connectivity index (χ1) is 16.4. The Balaban J connectivity index is 1.86. The first-order valence-electron chi connectivity index (χ1n) is 11.3. The summed E-state index contributed by atoms with van der Waals surface area (Å²) in [4.78, 5) is 32.4. The van der Waals surface area contributed by atoms with E-state index in [2.05, 4.69) is 4.98 Å². The first kappa shape index (κ1) is 23.5. The Hall–Kier alpha value is -3.65. The van der Waals surface area contributed by atoms with Gasteiger partial charge in [0, 0.05) is 26.5 Å². The lowest BCUT2D eigenvalue weighted by Gasteiger charge is -2.25. The highest BCUT2D eigenvalue weighted by Gasteiger charge is 2.46. The van der Waals surface area contributed by atoms with Crippen LogP contribution in [0.2, 0.25) is 0 Å². The van der Waals surface area contributed by atoms with Gasteiger partial charge in [-0.1, -0.05) is 18.2 Å². The monoisotopic (exact) mass is 463 g/mol. The largest absolute Gasteiger partial charge is 0.505 e. The number of carbonyl (C=O) groups is 2. The number of ketones is 1. The van der Waals surface area contributed by atoms with Gasteiger partial charge in [0.1, 0.15) is 17.1 Å². The quantitative estimate of drug-likeness (QED) is 0.236. The van der Waals surface area contributed by atoms with Gasteiger partial charge in [0.25, 0.3) is 11.7 Å². The zero-order chi connectivity index (χ0) is 24.4. The Kier molecular flexibility index (Phi) is 6.70. The van der Waals surface area contributed by atoms with Crippen molar-refractivity contribution >= 4 is 23.1 Å². The molecule has 8 nitrogen and oxygen atoms in total. The van der Waals surface area contributed by atoms with E-state index in [1.54, 1.807) is 19.2 Å². The van der Waals surface area contributed by atoms with Crippen LogP contribution < -0.4 is 4.74 Å². The van der Waals surface area contributed by atoms with Crippen molar-refractivity contribution in [2.75, 3.05) is 26.9 Å². The number of pyridine rings is 1. The van der Waals surface area contributed by atoms with E-state index in [0.717, 1.165) is 5.56 Å². The molecular formula is C26H29N3O5. The molecule has 1 saturated heterocycles. The van der Waals surface area contributed by atoms with E-state index in [9.17, 15) is 14.7 Å². The number of aryl methyl sites for hydroxylation is 2. The first-order valence-corrected chi connectivity index (χ1v) is 11.3.